The first-order valence-electron chi connectivity index (χ1n) is 13.3. The third kappa shape index (κ3) is 4.70. The molecule has 0 amide bonds. The van der Waals surface area contributed by atoms with Gasteiger partial charge < -0.3 is 10.4 Å². The topological polar surface area (TPSA) is 149 Å². The number of hydrogen-bond acceptors (Lipinski definition) is 9. The molecule has 1 aromatic carbocycles. The van der Waals surface area contributed by atoms with E-state index in [9.17, 15) is 18.8 Å². The number of nitrogens with zero attached hydrogens (tertiary/aromatic N) is 7. The molecule has 12 heteroatoms. The molecule has 2 atom stereocenters. The number of benzene rings is 1. The second kappa shape index (κ2) is 9.92. The number of anilines is 1. The molecule has 0 spiro atoms. The van der Waals surface area contributed by atoms with Gasteiger partial charge in [0.25, 0.3) is 0 Å². The maximum atomic E-state index is 13.4. The molecule has 40 heavy (non-hydrogen) atoms. The maximum absolute atomic E-state index is 13.4. The summed E-state index contributed by atoms with van der Waals surface area (Å²) in [5.41, 5.74) is 2.61. The monoisotopic (exact) mass is 558 g/mol. The Bertz CT molecular complexity index is 1690. The van der Waals surface area contributed by atoms with Crippen LogP contribution in [0, 0.1) is 11.3 Å². The molecular formula is C28H30N8O3S. The van der Waals surface area contributed by atoms with Crippen LogP contribution in [0.25, 0.3) is 16.9 Å². The van der Waals surface area contributed by atoms with Gasteiger partial charge in [-0.15, -0.1) is 10.2 Å². The Morgan fingerprint density at radius 1 is 1.10 bits per heavy atom. The molecule has 0 unspecified atom stereocenters. The van der Waals surface area contributed by atoms with E-state index >= 15 is 0 Å². The molecule has 206 valence electrons. The molecule has 2 aliphatic rings. The predicted octanol–water partition coefficient (Wildman–Crippen LogP) is 3.10. The molecule has 11 nitrogen and oxygen atoms in total. The van der Waals surface area contributed by atoms with Gasteiger partial charge in [-0.05, 0) is 43.0 Å². The Kier molecular flexibility index (Phi) is 6.53. The largest absolute Gasteiger partial charge is 0.390 e. The van der Waals surface area contributed by atoms with Gasteiger partial charge in [-0.3, -0.25) is 9.38 Å². The number of rotatable bonds is 7. The zero-order valence-corrected chi connectivity index (χ0v) is 23.1. The van der Waals surface area contributed by atoms with Crippen LogP contribution in [0.4, 0.5) is 5.82 Å². The summed E-state index contributed by atoms with van der Waals surface area (Å²) >= 11 is 0. The minimum absolute atomic E-state index is 0.0266. The summed E-state index contributed by atoms with van der Waals surface area (Å²) in [6, 6.07) is 12.3. The Hall–Kier alpha value is -3.92. The minimum atomic E-state index is -3.80. The Labute approximate surface area is 232 Å². The van der Waals surface area contributed by atoms with Gasteiger partial charge in [-0.2, -0.15) is 9.57 Å². The fourth-order valence-electron chi connectivity index (χ4n) is 5.14. The second-order valence-electron chi connectivity index (χ2n) is 10.8. The number of nitrogens with one attached hydrogen (secondary N) is 1. The molecule has 4 aromatic rings. The van der Waals surface area contributed by atoms with Crippen LogP contribution in [0.5, 0.6) is 0 Å². The van der Waals surface area contributed by atoms with Crippen molar-refractivity contribution in [1.29, 1.82) is 5.26 Å². The third-order valence-corrected chi connectivity index (χ3v) is 9.66. The van der Waals surface area contributed by atoms with Crippen LogP contribution in [0.3, 0.4) is 0 Å². The van der Waals surface area contributed by atoms with E-state index in [1.165, 1.54) is 4.31 Å². The SMILES string of the molecule is CC(C)c1nnc2cnc(-c3ccc(S(=O)(=O)N4CC[C@@H](Nc5ccc(C6(C#N)CC6)cn5)[C@@H](O)C4)cc3)cn12. The van der Waals surface area contributed by atoms with E-state index in [4.69, 9.17) is 0 Å². The van der Waals surface area contributed by atoms with Crippen LogP contribution in [-0.2, 0) is 15.4 Å². The summed E-state index contributed by atoms with van der Waals surface area (Å²) < 4.78 is 30.0. The highest BCUT2D eigenvalue weighted by molar-refractivity contribution is 7.89. The fourth-order valence-corrected chi connectivity index (χ4v) is 6.61. The highest BCUT2D eigenvalue weighted by Gasteiger charge is 2.45. The lowest BCUT2D eigenvalue weighted by molar-refractivity contribution is 0.0949. The lowest BCUT2D eigenvalue weighted by atomic mass is 10.00. The van der Waals surface area contributed by atoms with Crippen LogP contribution in [0.1, 0.15) is 50.4 Å². The average Bonchev–Trinajstić information content (AvgIpc) is 3.65. The first-order valence-corrected chi connectivity index (χ1v) is 14.8. The molecule has 0 radical (unpaired) electrons. The number of aliphatic hydroxyl groups is 1. The number of nitriles is 1. The van der Waals surface area contributed by atoms with Crippen LogP contribution in [-0.4, -0.2) is 67.6 Å². The second-order valence-corrected chi connectivity index (χ2v) is 12.8. The van der Waals surface area contributed by atoms with Gasteiger partial charge in [-0.1, -0.05) is 32.0 Å². The molecule has 2 fully saturated rings. The summed E-state index contributed by atoms with van der Waals surface area (Å²) in [6.45, 7) is 4.32. The Morgan fingerprint density at radius 2 is 1.88 bits per heavy atom. The lowest BCUT2D eigenvalue weighted by Crippen LogP contribution is -2.51. The average molecular weight is 559 g/mol. The van der Waals surface area contributed by atoms with E-state index in [-0.39, 0.29) is 29.9 Å². The van der Waals surface area contributed by atoms with Crippen molar-refractivity contribution in [2.45, 2.75) is 61.5 Å². The zero-order chi connectivity index (χ0) is 28.1. The van der Waals surface area contributed by atoms with Gasteiger partial charge in [0.05, 0.1) is 40.4 Å². The predicted molar refractivity (Wildman–Crippen MR) is 148 cm³/mol. The van der Waals surface area contributed by atoms with Crippen LogP contribution in [0.15, 0.2) is 59.9 Å². The zero-order valence-electron chi connectivity index (χ0n) is 22.3. The molecule has 0 bridgehead atoms. The number of sulfonamides is 1. The van der Waals surface area contributed by atoms with Crippen LogP contribution in [0.2, 0.25) is 0 Å². The molecule has 3 aromatic heterocycles. The van der Waals surface area contributed by atoms with Crippen molar-refractivity contribution in [3.8, 4) is 17.3 Å². The van der Waals surface area contributed by atoms with Crippen molar-refractivity contribution in [3.63, 3.8) is 0 Å². The van der Waals surface area contributed by atoms with Crippen LogP contribution < -0.4 is 5.32 Å². The molecule has 1 saturated heterocycles. The highest BCUT2D eigenvalue weighted by atomic mass is 32.2. The molecule has 6 rings (SSSR count). The summed E-state index contributed by atoms with van der Waals surface area (Å²) in [5, 5.41) is 31.8. The van der Waals surface area contributed by atoms with Crippen molar-refractivity contribution in [2.75, 3.05) is 18.4 Å². The Balaban J connectivity index is 1.12. The van der Waals surface area contributed by atoms with Gasteiger partial charge >= 0.3 is 0 Å². The van der Waals surface area contributed by atoms with Gasteiger partial charge in [0.15, 0.2) is 5.65 Å². The maximum Gasteiger partial charge on any atom is 0.243 e. The summed E-state index contributed by atoms with van der Waals surface area (Å²) in [6.07, 6.45) is 6.43. The number of hydrogen-bond donors (Lipinski definition) is 2. The van der Waals surface area contributed by atoms with Gasteiger partial charge in [0, 0.05) is 37.0 Å². The van der Waals surface area contributed by atoms with Crippen molar-refractivity contribution in [3.05, 3.63) is 66.4 Å². The van der Waals surface area contributed by atoms with Gasteiger partial charge in [0.1, 0.15) is 11.6 Å². The first-order chi connectivity index (χ1) is 19.2. The van der Waals surface area contributed by atoms with E-state index in [2.05, 4.69) is 31.6 Å². The Morgan fingerprint density at radius 3 is 2.50 bits per heavy atom. The van der Waals surface area contributed by atoms with Crippen molar-refractivity contribution >= 4 is 21.5 Å². The van der Waals surface area contributed by atoms with E-state index < -0.39 is 21.5 Å². The summed E-state index contributed by atoms with van der Waals surface area (Å²) in [7, 11) is -3.80. The highest BCUT2D eigenvalue weighted by Crippen LogP contribution is 2.47. The van der Waals surface area contributed by atoms with E-state index in [0.717, 1.165) is 29.8 Å². The molecule has 4 heterocycles. The number of pyridine rings is 1. The van der Waals surface area contributed by atoms with E-state index in [1.54, 1.807) is 36.7 Å². The number of piperidine rings is 1. The quantitative estimate of drug-likeness (QED) is 0.349. The van der Waals surface area contributed by atoms with Crippen molar-refractivity contribution < 1.29 is 13.5 Å². The van der Waals surface area contributed by atoms with Gasteiger partial charge in [-0.25, -0.2) is 13.4 Å². The number of aliphatic hydroxyl groups excluding tert-OH is 1. The van der Waals surface area contributed by atoms with Crippen LogP contribution >= 0.6 is 0 Å². The summed E-state index contributed by atoms with van der Waals surface area (Å²) in [4.78, 5) is 9.04. The normalized spacial score (nSPS) is 20.9. The number of aromatic nitrogens is 5. The molecule has 1 aliphatic carbocycles. The van der Waals surface area contributed by atoms with E-state index in [1.807, 2.05) is 36.6 Å². The first kappa shape index (κ1) is 26.3. The number of β-amino-alcohol motifs (C(OH)–C–C–N with tert-alkyl or cyclic N) is 1. The molecule has 2 N–H and O–H groups in total. The standard InChI is InChI=1S/C28H30N8O3S/c1-18(2)27-34-33-26-14-30-23(15-36(26)27)19-3-6-21(7-4-19)40(38,39)35-12-9-22(24(37)16-35)32-25-8-5-20(13-31-25)28(17-29)10-11-28/h3-8,13-15,18,22,24,37H,9-12,16H2,1-2H3,(H,31,32)/t22-,24+/m1/s1. The lowest BCUT2D eigenvalue weighted by Gasteiger charge is -2.35. The minimum Gasteiger partial charge on any atom is -0.390 e. The smallest absolute Gasteiger partial charge is 0.243 e. The third-order valence-electron chi connectivity index (χ3n) is 7.78. The molecule has 1 aliphatic heterocycles. The number of fused-ring (bicyclic) bond motifs is 1. The molecular weight excluding hydrogens is 528 g/mol. The summed E-state index contributed by atoms with van der Waals surface area (Å²) in [5.74, 6) is 1.61. The van der Waals surface area contributed by atoms with Crippen molar-refractivity contribution in [1.82, 2.24) is 28.9 Å². The van der Waals surface area contributed by atoms with Crippen molar-refractivity contribution in [2.24, 2.45) is 0 Å². The van der Waals surface area contributed by atoms with Gasteiger partial charge in [0.2, 0.25) is 10.0 Å². The van der Waals surface area contributed by atoms with E-state index in [0.29, 0.717) is 23.6 Å². The molecule has 1 saturated carbocycles. The fraction of sp³-hybridized carbons (Fsp3) is 0.393.